The molecule has 1 saturated carbocycles. The van der Waals surface area contributed by atoms with Gasteiger partial charge in [-0.1, -0.05) is 0 Å². The number of nitriles is 1. The summed E-state index contributed by atoms with van der Waals surface area (Å²) in [5, 5.41) is 8.25. The molecule has 1 fully saturated rings. The van der Waals surface area contributed by atoms with E-state index in [0.717, 1.165) is 12.8 Å². The fourth-order valence-electron chi connectivity index (χ4n) is 1.12. The third-order valence-corrected chi connectivity index (χ3v) is 2.10. The second kappa shape index (κ2) is 3.49. The van der Waals surface area contributed by atoms with Crippen molar-refractivity contribution in [3.63, 3.8) is 0 Å². The monoisotopic (exact) mass is 197 g/mol. The maximum absolute atomic E-state index is 11.6. The molecule has 0 aromatic heterocycles. The van der Waals surface area contributed by atoms with E-state index >= 15 is 0 Å². The van der Waals surface area contributed by atoms with E-state index in [1.807, 2.05) is 20.8 Å². The molecule has 0 saturated heterocycles. The quantitative estimate of drug-likeness (QED) is 0.509. The van der Waals surface area contributed by atoms with Crippen LogP contribution in [0, 0.1) is 16.9 Å². The molecule has 0 atom stereocenters. The van der Waals surface area contributed by atoms with E-state index < -0.39 is 11.0 Å². The Morgan fingerprint density at radius 2 is 2.07 bits per heavy atom. The van der Waals surface area contributed by atoms with Crippen molar-refractivity contribution >= 4 is 5.97 Å². The van der Waals surface area contributed by atoms with Crippen molar-refractivity contribution in [3.05, 3.63) is 0 Å². The lowest BCUT2D eigenvalue weighted by molar-refractivity contribution is -0.163. The van der Waals surface area contributed by atoms with Gasteiger partial charge in [-0.3, -0.25) is 4.79 Å². The molecular formula is C10H15NO3. The molecular weight excluding hydrogens is 182 g/mol. The van der Waals surface area contributed by atoms with Gasteiger partial charge in [-0.05, 0) is 33.6 Å². The standard InChI is InChI=1S/C10H15NO3/c1-9(2,3)14-8(12)10(4-5-10)6-13-7-11/h4-6H2,1-3H3. The van der Waals surface area contributed by atoms with Gasteiger partial charge in [-0.2, -0.15) is 5.26 Å². The fraction of sp³-hybridized carbons (Fsp3) is 0.800. The first-order chi connectivity index (χ1) is 6.40. The second-order valence-electron chi connectivity index (χ2n) is 4.66. The van der Waals surface area contributed by atoms with Crippen molar-refractivity contribution in [2.45, 2.75) is 39.2 Å². The number of carbonyl (C=O) groups is 1. The van der Waals surface area contributed by atoms with Crippen LogP contribution in [0.25, 0.3) is 0 Å². The van der Waals surface area contributed by atoms with Crippen LogP contribution >= 0.6 is 0 Å². The van der Waals surface area contributed by atoms with Gasteiger partial charge in [0.05, 0.1) is 0 Å². The minimum Gasteiger partial charge on any atom is -0.459 e. The Kier molecular flexibility index (Phi) is 2.70. The van der Waals surface area contributed by atoms with Crippen molar-refractivity contribution < 1.29 is 14.3 Å². The van der Waals surface area contributed by atoms with E-state index in [0.29, 0.717) is 0 Å². The highest BCUT2D eigenvalue weighted by atomic mass is 16.6. The molecule has 0 amide bonds. The minimum absolute atomic E-state index is 0.151. The van der Waals surface area contributed by atoms with Gasteiger partial charge < -0.3 is 9.47 Å². The fourth-order valence-corrected chi connectivity index (χ4v) is 1.12. The van der Waals surface area contributed by atoms with Gasteiger partial charge in [0.2, 0.25) is 0 Å². The Balaban J connectivity index is 2.49. The molecule has 0 heterocycles. The summed E-state index contributed by atoms with van der Waals surface area (Å²) in [4.78, 5) is 11.6. The van der Waals surface area contributed by atoms with Gasteiger partial charge in [0.15, 0.2) is 0 Å². The third-order valence-electron chi connectivity index (χ3n) is 2.10. The average molecular weight is 197 g/mol. The highest BCUT2D eigenvalue weighted by molar-refractivity contribution is 5.80. The van der Waals surface area contributed by atoms with Crippen molar-refractivity contribution in [1.82, 2.24) is 0 Å². The van der Waals surface area contributed by atoms with Crippen molar-refractivity contribution in [2.24, 2.45) is 5.41 Å². The van der Waals surface area contributed by atoms with E-state index in [1.165, 1.54) is 0 Å². The molecule has 0 aromatic rings. The molecule has 0 unspecified atom stereocenters. The van der Waals surface area contributed by atoms with Gasteiger partial charge >= 0.3 is 5.97 Å². The highest BCUT2D eigenvalue weighted by Crippen LogP contribution is 2.47. The van der Waals surface area contributed by atoms with Crippen LogP contribution in [0.2, 0.25) is 0 Å². The number of ether oxygens (including phenoxy) is 2. The summed E-state index contributed by atoms with van der Waals surface area (Å²) in [6, 6.07) is 0. The Hall–Kier alpha value is -1.24. The van der Waals surface area contributed by atoms with E-state index in [4.69, 9.17) is 10.00 Å². The molecule has 1 aliphatic carbocycles. The summed E-state index contributed by atoms with van der Waals surface area (Å²) >= 11 is 0. The number of carbonyl (C=O) groups excluding carboxylic acids is 1. The summed E-state index contributed by atoms with van der Waals surface area (Å²) in [5.41, 5.74) is -1.01. The smallest absolute Gasteiger partial charge is 0.316 e. The molecule has 0 spiro atoms. The van der Waals surface area contributed by atoms with Crippen LogP contribution in [0.3, 0.4) is 0 Å². The number of nitrogens with zero attached hydrogens (tertiary/aromatic N) is 1. The first-order valence-electron chi connectivity index (χ1n) is 4.64. The Bertz CT molecular complexity index is 268. The molecule has 4 heteroatoms. The molecule has 1 aliphatic rings. The first kappa shape index (κ1) is 10.8. The minimum atomic E-state index is -0.539. The molecule has 4 nitrogen and oxygen atoms in total. The topological polar surface area (TPSA) is 59.3 Å². The normalized spacial score (nSPS) is 18.1. The zero-order chi connectivity index (χ0) is 10.8. The lowest BCUT2D eigenvalue weighted by Gasteiger charge is -2.22. The van der Waals surface area contributed by atoms with Crippen LogP contribution in [-0.2, 0) is 14.3 Å². The van der Waals surface area contributed by atoms with Gasteiger partial charge in [0.1, 0.15) is 17.6 Å². The van der Waals surface area contributed by atoms with Gasteiger partial charge in [-0.25, -0.2) is 0 Å². The average Bonchev–Trinajstić information content (AvgIpc) is 2.78. The Labute approximate surface area is 83.8 Å². The first-order valence-corrected chi connectivity index (χ1v) is 4.64. The van der Waals surface area contributed by atoms with Crippen LogP contribution in [0.5, 0.6) is 0 Å². The molecule has 0 aromatic carbocycles. The summed E-state index contributed by atoms with van der Waals surface area (Å²) in [5.74, 6) is -0.250. The van der Waals surface area contributed by atoms with E-state index in [2.05, 4.69) is 4.74 Å². The Morgan fingerprint density at radius 1 is 1.50 bits per heavy atom. The second-order valence-corrected chi connectivity index (χ2v) is 4.66. The molecule has 0 bridgehead atoms. The van der Waals surface area contributed by atoms with Crippen LogP contribution < -0.4 is 0 Å². The SMILES string of the molecule is CC(C)(C)OC(=O)C1(COC#N)CC1. The third kappa shape index (κ3) is 2.63. The zero-order valence-electron chi connectivity index (χ0n) is 8.79. The number of hydrogen-bond acceptors (Lipinski definition) is 4. The molecule has 0 aliphatic heterocycles. The maximum atomic E-state index is 11.6. The molecule has 0 N–H and O–H groups in total. The summed E-state index contributed by atoms with van der Waals surface area (Å²) in [6.45, 7) is 5.63. The van der Waals surface area contributed by atoms with Crippen molar-refractivity contribution in [3.8, 4) is 6.26 Å². The number of rotatable bonds is 3. The van der Waals surface area contributed by atoms with Crippen LogP contribution in [0.15, 0.2) is 0 Å². The predicted molar refractivity (Wildman–Crippen MR) is 49.1 cm³/mol. The van der Waals surface area contributed by atoms with E-state index in [-0.39, 0.29) is 12.6 Å². The van der Waals surface area contributed by atoms with Crippen molar-refractivity contribution in [1.29, 1.82) is 5.26 Å². The molecule has 1 rings (SSSR count). The highest BCUT2D eigenvalue weighted by Gasteiger charge is 2.53. The predicted octanol–water partition coefficient (Wildman–Crippen LogP) is 1.61. The van der Waals surface area contributed by atoms with E-state index in [1.54, 1.807) is 6.26 Å². The van der Waals surface area contributed by atoms with Gasteiger partial charge in [0.25, 0.3) is 6.26 Å². The van der Waals surface area contributed by atoms with Gasteiger partial charge in [-0.15, -0.1) is 0 Å². The summed E-state index contributed by atoms with van der Waals surface area (Å²) < 4.78 is 9.83. The largest absolute Gasteiger partial charge is 0.459 e. The molecule has 14 heavy (non-hydrogen) atoms. The number of esters is 1. The summed E-state index contributed by atoms with van der Waals surface area (Å²) in [7, 11) is 0. The van der Waals surface area contributed by atoms with Crippen LogP contribution in [-0.4, -0.2) is 18.2 Å². The number of hydrogen-bond donors (Lipinski definition) is 0. The lowest BCUT2D eigenvalue weighted by Crippen LogP contribution is -2.31. The van der Waals surface area contributed by atoms with E-state index in [9.17, 15) is 4.79 Å². The van der Waals surface area contributed by atoms with Crippen molar-refractivity contribution in [2.75, 3.05) is 6.61 Å². The van der Waals surface area contributed by atoms with Crippen LogP contribution in [0.1, 0.15) is 33.6 Å². The maximum Gasteiger partial charge on any atom is 0.316 e. The Morgan fingerprint density at radius 3 is 2.43 bits per heavy atom. The molecule has 0 radical (unpaired) electrons. The lowest BCUT2D eigenvalue weighted by atomic mass is 10.1. The van der Waals surface area contributed by atoms with Crippen LogP contribution in [0.4, 0.5) is 0 Å². The van der Waals surface area contributed by atoms with Gasteiger partial charge in [0, 0.05) is 0 Å². The summed E-state index contributed by atoms with van der Waals surface area (Å²) in [6.07, 6.45) is 3.08. The molecule has 78 valence electrons. The zero-order valence-corrected chi connectivity index (χ0v) is 8.79.